The zero-order valence-corrected chi connectivity index (χ0v) is 20.7. The predicted molar refractivity (Wildman–Crippen MR) is 134 cm³/mol. The van der Waals surface area contributed by atoms with Crippen LogP contribution in [0.5, 0.6) is 0 Å². The highest BCUT2D eigenvalue weighted by atomic mass is 19.1. The van der Waals surface area contributed by atoms with Crippen molar-refractivity contribution in [3.63, 3.8) is 0 Å². The molecule has 3 aliphatic rings. The number of urea groups is 1. The number of benzene rings is 2. The maximum absolute atomic E-state index is 13.5. The van der Waals surface area contributed by atoms with Crippen molar-refractivity contribution in [1.82, 2.24) is 19.6 Å². The molecule has 5 rings (SSSR count). The normalized spacial score (nSPS) is 23.9. The number of carbonyl (C=O) groups excluding carboxylic acids is 1. The SMILES string of the molecule is Cc1ccc2c(c1)[C@H](c1ccc(F)cc1)C[C@H]2N1CCN(CCN2CCN(C(C)C)C2=O)CC1. The van der Waals surface area contributed by atoms with Gasteiger partial charge in [-0.25, -0.2) is 9.18 Å². The number of rotatable bonds is 6. The van der Waals surface area contributed by atoms with Gasteiger partial charge in [0.25, 0.3) is 0 Å². The summed E-state index contributed by atoms with van der Waals surface area (Å²) in [5.41, 5.74) is 5.33. The molecule has 2 atom stereocenters. The Labute approximate surface area is 203 Å². The van der Waals surface area contributed by atoms with Crippen molar-refractivity contribution in [1.29, 1.82) is 0 Å². The number of amides is 2. The summed E-state index contributed by atoms with van der Waals surface area (Å²) in [5, 5.41) is 0. The molecule has 2 amide bonds. The minimum Gasteiger partial charge on any atom is -0.322 e. The fourth-order valence-electron chi connectivity index (χ4n) is 5.98. The molecule has 2 heterocycles. The summed E-state index contributed by atoms with van der Waals surface area (Å²) >= 11 is 0. The van der Waals surface area contributed by atoms with Crippen molar-refractivity contribution < 1.29 is 9.18 Å². The molecule has 2 aromatic carbocycles. The summed E-state index contributed by atoms with van der Waals surface area (Å²) in [6.45, 7) is 13.9. The van der Waals surface area contributed by atoms with E-state index in [1.807, 2.05) is 21.9 Å². The second kappa shape index (κ2) is 9.67. The second-order valence-corrected chi connectivity index (χ2v) is 10.4. The van der Waals surface area contributed by atoms with E-state index in [0.29, 0.717) is 12.0 Å². The van der Waals surface area contributed by atoms with Crippen LogP contribution in [0.1, 0.15) is 54.5 Å². The van der Waals surface area contributed by atoms with E-state index in [1.54, 1.807) is 12.1 Å². The number of piperazine rings is 1. The van der Waals surface area contributed by atoms with E-state index in [0.717, 1.165) is 58.8 Å². The molecule has 0 spiro atoms. The van der Waals surface area contributed by atoms with Gasteiger partial charge < -0.3 is 9.80 Å². The maximum atomic E-state index is 13.5. The van der Waals surface area contributed by atoms with E-state index in [9.17, 15) is 9.18 Å². The lowest BCUT2D eigenvalue weighted by molar-refractivity contribution is 0.0900. The number of carbonyl (C=O) groups is 1. The first kappa shape index (κ1) is 23.3. The van der Waals surface area contributed by atoms with E-state index >= 15 is 0 Å². The summed E-state index contributed by atoms with van der Waals surface area (Å²) < 4.78 is 13.5. The average molecular weight is 465 g/mol. The van der Waals surface area contributed by atoms with Crippen LogP contribution in [0.4, 0.5) is 9.18 Å². The summed E-state index contributed by atoms with van der Waals surface area (Å²) in [7, 11) is 0. The van der Waals surface area contributed by atoms with Gasteiger partial charge in [0, 0.05) is 70.4 Å². The Morgan fingerprint density at radius 3 is 2.32 bits per heavy atom. The Morgan fingerprint density at radius 2 is 1.65 bits per heavy atom. The molecular weight excluding hydrogens is 427 g/mol. The monoisotopic (exact) mass is 464 g/mol. The largest absolute Gasteiger partial charge is 0.322 e. The Balaban J connectivity index is 1.20. The minimum absolute atomic E-state index is 0.175. The number of hydrogen-bond acceptors (Lipinski definition) is 3. The van der Waals surface area contributed by atoms with Gasteiger partial charge in [0.2, 0.25) is 0 Å². The van der Waals surface area contributed by atoms with Crippen molar-refractivity contribution in [2.24, 2.45) is 0 Å². The Hall–Kier alpha value is -2.44. The molecule has 34 heavy (non-hydrogen) atoms. The first-order chi connectivity index (χ1) is 16.4. The fraction of sp³-hybridized carbons (Fsp3) is 0.536. The molecule has 0 radical (unpaired) electrons. The van der Waals surface area contributed by atoms with Gasteiger partial charge in [0.1, 0.15) is 5.82 Å². The van der Waals surface area contributed by atoms with Gasteiger partial charge in [-0.1, -0.05) is 35.9 Å². The molecule has 0 unspecified atom stereocenters. The van der Waals surface area contributed by atoms with E-state index < -0.39 is 0 Å². The quantitative estimate of drug-likeness (QED) is 0.632. The molecule has 0 N–H and O–H groups in total. The van der Waals surface area contributed by atoms with Crippen LogP contribution in [0.15, 0.2) is 42.5 Å². The van der Waals surface area contributed by atoms with Gasteiger partial charge in [-0.15, -0.1) is 0 Å². The van der Waals surface area contributed by atoms with Crippen molar-refractivity contribution in [3.8, 4) is 0 Å². The summed E-state index contributed by atoms with van der Waals surface area (Å²) in [5.74, 6) is 0.148. The van der Waals surface area contributed by atoms with Crippen molar-refractivity contribution in [3.05, 3.63) is 70.5 Å². The zero-order chi connectivity index (χ0) is 23.8. The molecule has 1 aliphatic carbocycles. The lowest BCUT2D eigenvalue weighted by Gasteiger charge is -2.39. The molecule has 0 saturated carbocycles. The van der Waals surface area contributed by atoms with Gasteiger partial charge in [-0.05, 0) is 56.0 Å². The first-order valence-corrected chi connectivity index (χ1v) is 12.8. The highest BCUT2D eigenvalue weighted by molar-refractivity contribution is 5.76. The van der Waals surface area contributed by atoms with Gasteiger partial charge in [-0.2, -0.15) is 0 Å². The molecule has 2 saturated heterocycles. The number of nitrogens with zero attached hydrogens (tertiary/aromatic N) is 4. The minimum atomic E-state index is -0.175. The Morgan fingerprint density at radius 1 is 0.912 bits per heavy atom. The van der Waals surface area contributed by atoms with E-state index in [4.69, 9.17) is 0 Å². The second-order valence-electron chi connectivity index (χ2n) is 10.4. The van der Waals surface area contributed by atoms with Crippen LogP contribution in [-0.2, 0) is 0 Å². The smallest absolute Gasteiger partial charge is 0.320 e. The van der Waals surface area contributed by atoms with Crippen LogP contribution < -0.4 is 0 Å². The molecule has 0 aromatic heterocycles. The molecule has 6 heteroatoms. The van der Waals surface area contributed by atoms with Gasteiger partial charge in [-0.3, -0.25) is 9.80 Å². The van der Waals surface area contributed by atoms with Gasteiger partial charge in [0.15, 0.2) is 0 Å². The Kier molecular flexibility index (Phi) is 6.63. The summed E-state index contributed by atoms with van der Waals surface area (Å²) in [4.78, 5) is 21.7. The summed E-state index contributed by atoms with van der Waals surface area (Å²) in [6.07, 6.45) is 1.05. The van der Waals surface area contributed by atoms with Crippen LogP contribution in [0.25, 0.3) is 0 Å². The van der Waals surface area contributed by atoms with E-state index in [1.165, 1.54) is 22.3 Å². The van der Waals surface area contributed by atoms with Gasteiger partial charge in [0.05, 0.1) is 0 Å². The lowest BCUT2D eigenvalue weighted by Crippen LogP contribution is -2.49. The molecule has 5 nitrogen and oxygen atoms in total. The average Bonchev–Trinajstić information content (AvgIpc) is 3.39. The predicted octanol–water partition coefficient (Wildman–Crippen LogP) is 4.47. The number of halogens is 1. The van der Waals surface area contributed by atoms with Crippen molar-refractivity contribution in [2.45, 2.75) is 45.2 Å². The van der Waals surface area contributed by atoms with Gasteiger partial charge >= 0.3 is 6.03 Å². The third-order valence-corrected chi connectivity index (χ3v) is 7.99. The Bertz CT molecular complexity index is 1020. The third kappa shape index (κ3) is 4.58. The lowest BCUT2D eigenvalue weighted by atomic mass is 9.92. The maximum Gasteiger partial charge on any atom is 0.320 e. The molecule has 2 aromatic rings. The van der Waals surface area contributed by atoms with Crippen LogP contribution in [0, 0.1) is 12.7 Å². The zero-order valence-electron chi connectivity index (χ0n) is 20.7. The highest BCUT2D eigenvalue weighted by Gasteiger charge is 2.37. The van der Waals surface area contributed by atoms with Crippen molar-refractivity contribution >= 4 is 6.03 Å². The molecule has 182 valence electrons. The van der Waals surface area contributed by atoms with Crippen molar-refractivity contribution in [2.75, 3.05) is 52.4 Å². The van der Waals surface area contributed by atoms with Crippen LogP contribution in [0.3, 0.4) is 0 Å². The molecular formula is C28H37FN4O. The molecule has 2 aliphatic heterocycles. The highest BCUT2D eigenvalue weighted by Crippen LogP contribution is 2.47. The van der Waals surface area contributed by atoms with E-state index in [-0.39, 0.29) is 17.9 Å². The summed E-state index contributed by atoms with van der Waals surface area (Å²) in [6, 6.07) is 14.8. The first-order valence-electron chi connectivity index (χ1n) is 12.8. The number of aryl methyl sites for hydroxylation is 1. The van der Waals surface area contributed by atoms with E-state index in [2.05, 4.69) is 48.8 Å². The third-order valence-electron chi connectivity index (χ3n) is 7.99. The number of hydrogen-bond donors (Lipinski definition) is 0. The standard InChI is InChI=1S/C28H37FN4O/c1-20(2)33-17-16-32(28(33)34)15-12-30-10-13-31(14-11-30)27-19-25(22-5-7-23(29)8-6-22)26-18-21(3)4-9-24(26)27/h4-9,18,20,25,27H,10-17,19H2,1-3H3/t25-,27+/m0/s1. The topological polar surface area (TPSA) is 30.0 Å². The molecule has 0 bridgehead atoms. The van der Waals surface area contributed by atoms with Crippen LogP contribution in [0.2, 0.25) is 0 Å². The van der Waals surface area contributed by atoms with Crippen LogP contribution in [-0.4, -0.2) is 84.0 Å². The number of fused-ring (bicyclic) bond motifs is 1. The molecule has 2 fully saturated rings. The fourth-order valence-corrected chi connectivity index (χ4v) is 5.98. The van der Waals surface area contributed by atoms with Crippen LogP contribution >= 0.6 is 0 Å².